The van der Waals surface area contributed by atoms with Crippen LogP contribution < -0.4 is 0 Å². The second-order valence-corrected chi connectivity index (χ2v) is 3.61. The topological polar surface area (TPSA) is 50.2 Å². The largest absolute Gasteiger partial charge is 0.506 e. The molecule has 0 unspecified atom stereocenters. The molecule has 1 heterocycles. The van der Waals surface area contributed by atoms with E-state index in [1.807, 2.05) is 0 Å². The summed E-state index contributed by atoms with van der Waals surface area (Å²) in [6.07, 6.45) is 3.03. The standard InChI is InChI=1S/C12H8ClNO2/c13-10-5-1-4-9(12(10)16)11(15)8-3-2-6-14-7-8/h1-7,16H. The molecule has 0 atom stereocenters. The van der Waals surface area contributed by atoms with Crippen molar-refractivity contribution < 1.29 is 9.90 Å². The maximum atomic E-state index is 12.0. The van der Waals surface area contributed by atoms with Crippen molar-refractivity contribution in [2.75, 3.05) is 0 Å². The smallest absolute Gasteiger partial charge is 0.198 e. The summed E-state index contributed by atoms with van der Waals surface area (Å²) in [6.45, 7) is 0. The Morgan fingerprint density at radius 3 is 2.75 bits per heavy atom. The van der Waals surface area contributed by atoms with Crippen molar-refractivity contribution >= 4 is 17.4 Å². The minimum atomic E-state index is -0.298. The highest BCUT2D eigenvalue weighted by atomic mass is 35.5. The van der Waals surface area contributed by atoms with Crippen molar-refractivity contribution in [3.8, 4) is 5.75 Å². The highest BCUT2D eigenvalue weighted by Gasteiger charge is 2.14. The molecule has 0 aliphatic rings. The maximum absolute atomic E-state index is 12.0. The quantitative estimate of drug-likeness (QED) is 0.812. The van der Waals surface area contributed by atoms with Crippen LogP contribution in [0.15, 0.2) is 42.7 Å². The number of phenols is 1. The second kappa shape index (κ2) is 4.33. The Kier molecular flexibility index (Phi) is 2.88. The van der Waals surface area contributed by atoms with Crippen molar-refractivity contribution in [3.05, 3.63) is 58.9 Å². The molecule has 1 aromatic carbocycles. The van der Waals surface area contributed by atoms with Crippen LogP contribution in [0.4, 0.5) is 0 Å². The molecule has 0 amide bonds. The summed E-state index contributed by atoms with van der Waals surface area (Å²) in [5, 5.41) is 9.82. The SMILES string of the molecule is O=C(c1cccnc1)c1cccc(Cl)c1O. The lowest BCUT2D eigenvalue weighted by Gasteiger charge is -2.04. The number of pyridine rings is 1. The molecule has 1 N–H and O–H groups in total. The Labute approximate surface area is 97.3 Å². The Morgan fingerprint density at radius 1 is 1.25 bits per heavy atom. The summed E-state index contributed by atoms with van der Waals surface area (Å²) < 4.78 is 0. The summed E-state index contributed by atoms with van der Waals surface area (Å²) >= 11 is 5.73. The van der Waals surface area contributed by atoms with Gasteiger partial charge in [-0.05, 0) is 24.3 Å². The fourth-order valence-electron chi connectivity index (χ4n) is 1.35. The summed E-state index contributed by atoms with van der Waals surface area (Å²) in [4.78, 5) is 15.8. The molecule has 3 nitrogen and oxygen atoms in total. The van der Waals surface area contributed by atoms with E-state index in [0.29, 0.717) is 5.56 Å². The predicted molar refractivity (Wildman–Crippen MR) is 60.8 cm³/mol. The van der Waals surface area contributed by atoms with Gasteiger partial charge in [-0.2, -0.15) is 0 Å². The number of hydrogen-bond donors (Lipinski definition) is 1. The van der Waals surface area contributed by atoms with Crippen LogP contribution >= 0.6 is 11.6 Å². The molecule has 0 fully saturated rings. The number of rotatable bonds is 2. The van der Waals surface area contributed by atoms with E-state index in [0.717, 1.165) is 0 Å². The molecular formula is C12H8ClNO2. The van der Waals surface area contributed by atoms with Crippen LogP contribution in [0.25, 0.3) is 0 Å². The average Bonchev–Trinajstić information content (AvgIpc) is 2.33. The normalized spacial score (nSPS) is 10.1. The fourth-order valence-corrected chi connectivity index (χ4v) is 1.53. The molecule has 0 aliphatic heterocycles. The second-order valence-electron chi connectivity index (χ2n) is 3.21. The lowest BCUT2D eigenvalue weighted by atomic mass is 10.0. The number of carbonyl (C=O) groups excluding carboxylic acids is 1. The van der Waals surface area contributed by atoms with E-state index in [1.54, 1.807) is 24.4 Å². The first kappa shape index (κ1) is 10.6. The molecule has 0 bridgehead atoms. The Balaban J connectivity index is 2.46. The monoisotopic (exact) mass is 233 g/mol. The molecule has 0 saturated heterocycles. The number of ketones is 1. The molecule has 2 aromatic rings. The van der Waals surface area contributed by atoms with Crippen LogP contribution in [0.1, 0.15) is 15.9 Å². The van der Waals surface area contributed by atoms with Gasteiger partial charge in [0.1, 0.15) is 5.75 Å². The molecule has 1 aromatic heterocycles. The number of para-hydroxylation sites is 1. The zero-order chi connectivity index (χ0) is 11.5. The number of phenolic OH excluding ortho intramolecular Hbond substituents is 1. The van der Waals surface area contributed by atoms with Gasteiger partial charge in [-0.1, -0.05) is 17.7 Å². The molecule has 80 valence electrons. The third kappa shape index (κ3) is 1.90. The molecule has 0 radical (unpaired) electrons. The van der Waals surface area contributed by atoms with Crippen molar-refractivity contribution in [2.45, 2.75) is 0 Å². The number of halogens is 1. The number of aromatic hydroxyl groups is 1. The average molecular weight is 234 g/mol. The van der Waals surface area contributed by atoms with Crippen LogP contribution in [-0.2, 0) is 0 Å². The predicted octanol–water partition coefficient (Wildman–Crippen LogP) is 2.67. The van der Waals surface area contributed by atoms with Gasteiger partial charge in [0.25, 0.3) is 0 Å². The van der Waals surface area contributed by atoms with Crippen molar-refractivity contribution in [1.29, 1.82) is 0 Å². The highest BCUT2D eigenvalue weighted by Crippen LogP contribution is 2.28. The first-order chi connectivity index (χ1) is 7.70. The Morgan fingerprint density at radius 2 is 2.06 bits per heavy atom. The van der Waals surface area contributed by atoms with Gasteiger partial charge >= 0.3 is 0 Å². The maximum Gasteiger partial charge on any atom is 0.198 e. The number of aromatic nitrogens is 1. The zero-order valence-corrected chi connectivity index (χ0v) is 8.98. The lowest BCUT2D eigenvalue weighted by molar-refractivity contribution is 0.103. The molecule has 0 spiro atoms. The highest BCUT2D eigenvalue weighted by molar-refractivity contribution is 6.33. The summed E-state index contributed by atoms with van der Waals surface area (Å²) in [7, 11) is 0. The molecule has 16 heavy (non-hydrogen) atoms. The van der Waals surface area contributed by atoms with E-state index in [1.165, 1.54) is 18.3 Å². The third-order valence-electron chi connectivity index (χ3n) is 2.16. The van der Waals surface area contributed by atoms with Crippen LogP contribution in [0.5, 0.6) is 5.75 Å². The van der Waals surface area contributed by atoms with Gasteiger partial charge in [-0.25, -0.2) is 0 Å². The number of benzene rings is 1. The molecular weight excluding hydrogens is 226 g/mol. The van der Waals surface area contributed by atoms with Crippen LogP contribution in [-0.4, -0.2) is 15.9 Å². The van der Waals surface area contributed by atoms with Gasteiger partial charge in [0.2, 0.25) is 0 Å². The summed E-state index contributed by atoms with van der Waals surface area (Å²) in [5.41, 5.74) is 0.598. The van der Waals surface area contributed by atoms with Gasteiger partial charge < -0.3 is 5.11 Å². The lowest BCUT2D eigenvalue weighted by Crippen LogP contribution is -2.01. The van der Waals surface area contributed by atoms with Gasteiger partial charge in [0.05, 0.1) is 10.6 Å². The van der Waals surface area contributed by atoms with E-state index in [9.17, 15) is 9.90 Å². The first-order valence-electron chi connectivity index (χ1n) is 4.62. The minimum Gasteiger partial charge on any atom is -0.506 e. The van der Waals surface area contributed by atoms with Gasteiger partial charge in [0, 0.05) is 18.0 Å². The summed E-state index contributed by atoms with van der Waals surface area (Å²) in [5.74, 6) is -0.494. The van der Waals surface area contributed by atoms with E-state index < -0.39 is 0 Å². The summed E-state index contributed by atoms with van der Waals surface area (Å²) in [6, 6.07) is 7.96. The van der Waals surface area contributed by atoms with Crippen molar-refractivity contribution in [1.82, 2.24) is 4.98 Å². The molecule has 0 saturated carbocycles. The van der Waals surface area contributed by atoms with Gasteiger partial charge in [-0.15, -0.1) is 0 Å². The van der Waals surface area contributed by atoms with Crippen LogP contribution in [0.2, 0.25) is 5.02 Å². The van der Waals surface area contributed by atoms with E-state index in [4.69, 9.17) is 11.6 Å². The number of hydrogen-bond acceptors (Lipinski definition) is 3. The molecule has 0 aliphatic carbocycles. The number of nitrogens with zero attached hydrogens (tertiary/aromatic N) is 1. The van der Waals surface area contributed by atoms with Crippen molar-refractivity contribution in [3.63, 3.8) is 0 Å². The Hall–Kier alpha value is -1.87. The molecule has 4 heteroatoms. The van der Waals surface area contributed by atoms with Crippen molar-refractivity contribution in [2.24, 2.45) is 0 Å². The van der Waals surface area contributed by atoms with E-state index in [-0.39, 0.29) is 22.1 Å². The van der Waals surface area contributed by atoms with Gasteiger partial charge in [0.15, 0.2) is 5.78 Å². The molecule has 2 rings (SSSR count). The van der Waals surface area contributed by atoms with Crippen LogP contribution in [0.3, 0.4) is 0 Å². The third-order valence-corrected chi connectivity index (χ3v) is 2.46. The zero-order valence-electron chi connectivity index (χ0n) is 8.22. The van der Waals surface area contributed by atoms with Crippen LogP contribution in [0, 0.1) is 0 Å². The minimum absolute atomic E-state index is 0.162. The van der Waals surface area contributed by atoms with E-state index in [2.05, 4.69) is 4.98 Å². The number of carbonyl (C=O) groups is 1. The Bertz CT molecular complexity index is 526. The fraction of sp³-hybridized carbons (Fsp3) is 0. The van der Waals surface area contributed by atoms with E-state index >= 15 is 0 Å². The first-order valence-corrected chi connectivity index (χ1v) is 5.00. The van der Waals surface area contributed by atoms with Gasteiger partial charge in [-0.3, -0.25) is 9.78 Å².